The molecule has 0 rings (SSSR count). The zero-order chi connectivity index (χ0) is 13.5. The Bertz CT molecular complexity index is 341. The minimum absolute atomic E-state index is 0.0848. The maximum Gasteiger partial charge on any atom is 0.471 e. The van der Waals surface area contributed by atoms with E-state index < -0.39 is 12.1 Å². The molecule has 0 saturated carbocycles. The number of carbonyl (C=O) groups is 1. The Morgan fingerprint density at radius 3 is 2.53 bits per heavy atom. The van der Waals surface area contributed by atoms with Crippen molar-refractivity contribution in [2.75, 3.05) is 6.54 Å². The summed E-state index contributed by atoms with van der Waals surface area (Å²) in [4.78, 5) is 10.4. The molecule has 1 amide bonds. The van der Waals surface area contributed by atoms with Crippen molar-refractivity contribution in [1.29, 1.82) is 0 Å². The molecule has 0 bridgehead atoms. The van der Waals surface area contributed by atoms with Gasteiger partial charge >= 0.3 is 12.1 Å². The molecule has 0 unspecified atom stereocenters. The number of nitrogens with one attached hydrogen (secondary N) is 1. The monoisotopic (exact) mass is 311 g/mol. The van der Waals surface area contributed by atoms with Crippen molar-refractivity contribution in [3.8, 4) is 0 Å². The third kappa shape index (κ3) is 8.74. The zero-order valence-electron chi connectivity index (χ0n) is 9.27. The third-order valence-electron chi connectivity index (χ3n) is 1.65. The molecule has 0 aliphatic rings. The largest absolute Gasteiger partial charge is 0.471 e. The van der Waals surface area contributed by atoms with Gasteiger partial charge in [-0.3, -0.25) is 4.79 Å². The molecule has 0 radical (unpaired) electrons. The van der Waals surface area contributed by atoms with Crippen molar-refractivity contribution in [3.05, 3.63) is 34.9 Å². The van der Waals surface area contributed by atoms with Gasteiger partial charge in [0.1, 0.15) is 0 Å². The maximum atomic E-state index is 11.8. The normalized spacial score (nSPS) is 12.9. The van der Waals surface area contributed by atoms with Crippen LogP contribution in [0.4, 0.5) is 13.2 Å². The minimum atomic E-state index is -4.83. The molecule has 96 valence electrons. The summed E-state index contributed by atoms with van der Waals surface area (Å²) in [5.41, 5.74) is 0.637. The van der Waals surface area contributed by atoms with Crippen LogP contribution in [0.2, 0.25) is 0 Å². The van der Waals surface area contributed by atoms with E-state index in [1.54, 1.807) is 23.5 Å². The van der Waals surface area contributed by atoms with Crippen LogP contribution in [0, 0.1) is 0 Å². The summed E-state index contributed by atoms with van der Waals surface area (Å²) in [5, 5.41) is 1.77. The van der Waals surface area contributed by atoms with Gasteiger partial charge < -0.3 is 5.32 Å². The minimum Gasteiger partial charge on any atom is -0.348 e. The lowest BCUT2D eigenvalue weighted by molar-refractivity contribution is -0.173. The smallest absolute Gasteiger partial charge is 0.348 e. The van der Waals surface area contributed by atoms with Crippen molar-refractivity contribution in [1.82, 2.24) is 5.32 Å². The lowest BCUT2D eigenvalue weighted by Gasteiger charge is -2.07. The number of carbonyl (C=O) groups excluding carboxylic acids is 1. The molecule has 0 atom stereocenters. The summed E-state index contributed by atoms with van der Waals surface area (Å²) in [5.74, 6) is -1.93. The Balaban J connectivity index is 3.91. The van der Waals surface area contributed by atoms with Gasteiger partial charge in [0.25, 0.3) is 0 Å². The van der Waals surface area contributed by atoms with E-state index in [1.165, 1.54) is 0 Å². The molecule has 2 nitrogen and oxygen atoms in total. The van der Waals surface area contributed by atoms with E-state index >= 15 is 0 Å². The SMILES string of the molecule is C=C(/C=C\C=C(/C)Br)CCNC(=O)C(F)(F)F. The van der Waals surface area contributed by atoms with Crippen LogP contribution in [0.5, 0.6) is 0 Å². The quantitative estimate of drug-likeness (QED) is 0.774. The van der Waals surface area contributed by atoms with Crippen LogP contribution in [0.25, 0.3) is 0 Å². The fraction of sp³-hybridized carbons (Fsp3) is 0.364. The van der Waals surface area contributed by atoms with E-state index in [9.17, 15) is 18.0 Å². The molecular formula is C11H13BrF3NO. The summed E-state index contributed by atoms with van der Waals surface area (Å²) < 4.78 is 36.3. The Morgan fingerprint density at radius 1 is 1.47 bits per heavy atom. The van der Waals surface area contributed by atoms with Gasteiger partial charge in [0.15, 0.2) is 0 Å². The number of halogens is 4. The second kappa shape index (κ2) is 7.32. The Morgan fingerprint density at radius 2 is 2.06 bits per heavy atom. The average Bonchev–Trinajstić information content (AvgIpc) is 2.15. The lowest BCUT2D eigenvalue weighted by atomic mass is 10.2. The molecule has 0 aromatic rings. The molecular weight excluding hydrogens is 299 g/mol. The fourth-order valence-electron chi connectivity index (χ4n) is 0.837. The van der Waals surface area contributed by atoms with E-state index in [1.807, 2.05) is 6.92 Å². The van der Waals surface area contributed by atoms with Gasteiger partial charge in [-0.15, -0.1) is 0 Å². The van der Waals surface area contributed by atoms with E-state index in [-0.39, 0.29) is 13.0 Å². The molecule has 0 aliphatic heterocycles. The Hall–Kier alpha value is -1.04. The van der Waals surface area contributed by atoms with Crippen molar-refractivity contribution in [2.45, 2.75) is 19.5 Å². The molecule has 1 N–H and O–H groups in total. The summed E-state index contributed by atoms with van der Waals surface area (Å²) in [6.07, 6.45) is 0.614. The number of allylic oxidation sites excluding steroid dienone is 4. The first-order valence-corrected chi connectivity index (χ1v) is 5.56. The Labute approximate surface area is 106 Å². The number of alkyl halides is 3. The van der Waals surface area contributed by atoms with E-state index in [0.717, 1.165) is 4.48 Å². The van der Waals surface area contributed by atoms with Gasteiger partial charge in [-0.05, 0) is 17.8 Å². The summed E-state index contributed by atoms with van der Waals surface area (Å²) in [7, 11) is 0. The second-order valence-corrected chi connectivity index (χ2v) is 4.53. The van der Waals surface area contributed by atoms with Crippen molar-refractivity contribution >= 4 is 21.8 Å². The van der Waals surface area contributed by atoms with Crippen molar-refractivity contribution in [2.24, 2.45) is 0 Å². The van der Waals surface area contributed by atoms with Crippen molar-refractivity contribution in [3.63, 3.8) is 0 Å². The standard InChI is InChI=1S/C11H13BrF3NO/c1-8(4-3-5-9(2)12)6-7-16-10(17)11(13,14)15/h3-5H,1,6-7H2,2H3,(H,16,17)/b4-3-,9-5+. The van der Waals surface area contributed by atoms with Gasteiger partial charge in [-0.2, -0.15) is 13.2 Å². The van der Waals surface area contributed by atoms with Gasteiger partial charge in [0.2, 0.25) is 0 Å². The van der Waals surface area contributed by atoms with Crippen LogP contribution in [0.1, 0.15) is 13.3 Å². The second-order valence-electron chi connectivity index (χ2n) is 3.27. The number of amides is 1. The molecule has 0 aromatic heterocycles. The molecule has 0 spiro atoms. The number of hydrogen-bond donors (Lipinski definition) is 1. The highest BCUT2D eigenvalue weighted by Gasteiger charge is 2.38. The van der Waals surface area contributed by atoms with E-state index in [2.05, 4.69) is 22.5 Å². The van der Waals surface area contributed by atoms with Crippen LogP contribution in [-0.2, 0) is 4.79 Å². The third-order valence-corrected chi connectivity index (χ3v) is 1.91. The van der Waals surface area contributed by atoms with Gasteiger partial charge in [-0.1, -0.05) is 46.3 Å². The lowest BCUT2D eigenvalue weighted by Crippen LogP contribution is -2.37. The molecule has 17 heavy (non-hydrogen) atoms. The fourth-order valence-corrected chi connectivity index (χ4v) is 0.990. The van der Waals surface area contributed by atoms with Gasteiger partial charge in [0.05, 0.1) is 0 Å². The van der Waals surface area contributed by atoms with E-state index in [4.69, 9.17) is 0 Å². The number of hydrogen-bond acceptors (Lipinski definition) is 1. The summed E-state index contributed by atoms with van der Waals surface area (Å²) >= 11 is 3.22. The first-order chi connectivity index (χ1) is 7.73. The predicted octanol–water partition coefficient (Wildman–Crippen LogP) is 3.47. The highest BCUT2D eigenvalue weighted by molar-refractivity contribution is 9.11. The summed E-state index contributed by atoms with van der Waals surface area (Å²) in [6, 6.07) is 0. The molecule has 0 fully saturated rings. The van der Waals surface area contributed by atoms with Gasteiger partial charge in [-0.25, -0.2) is 0 Å². The van der Waals surface area contributed by atoms with Crippen LogP contribution in [-0.4, -0.2) is 18.6 Å². The first kappa shape index (κ1) is 16.0. The van der Waals surface area contributed by atoms with Crippen molar-refractivity contribution < 1.29 is 18.0 Å². The molecule has 0 aromatic carbocycles. The average molecular weight is 312 g/mol. The predicted molar refractivity (Wildman–Crippen MR) is 64.6 cm³/mol. The van der Waals surface area contributed by atoms with E-state index in [0.29, 0.717) is 5.57 Å². The van der Waals surface area contributed by atoms with Crippen LogP contribution < -0.4 is 5.32 Å². The Kier molecular flexibility index (Phi) is 6.87. The highest BCUT2D eigenvalue weighted by atomic mass is 79.9. The molecule has 0 saturated heterocycles. The zero-order valence-corrected chi connectivity index (χ0v) is 10.9. The van der Waals surface area contributed by atoms with Crippen LogP contribution >= 0.6 is 15.9 Å². The molecule has 0 heterocycles. The summed E-state index contributed by atoms with van der Waals surface area (Å²) in [6.45, 7) is 5.41. The van der Waals surface area contributed by atoms with Crippen LogP contribution in [0.3, 0.4) is 0 Å². The highest BCUT2D eigenvalue weighted by Crippen LogP contribution is 2.14. The molecule has 0 aliphatic carbocycles. The topological polar surface area (TPSA) is 29.1 Å². The number of rotatable bonds is 5. The molecule has 6 heteroatoms. The van der Waals surface area contributed by atoms with Crippen LogP contribution in [0.15, 0.2) is 34.9 Å². The maximum absolute atomic E-state index is 11.8. The van der Waals surface area contributed by atoms with Gasteiger partial charge in [0, 0.05) is 6.54 Å². The first-order valence-electron chi connectivity index (χ1n) is 4.76.